The summed E-state index contributed by atoms with van der Waals surface area (Å²) in [5, 5.41) is 9.61. The SMILES string of the molecule is N=CNC1=CC(F)=C(OCCN2CCCC2)CC1. The predicted molar refractivity (Wildman–Crippen MR) is 69.0 cm³/mol. The first-order chi connectivity index (χ1) is 8.79. The molecule has 1 saturated heterocycles. The van der Waals surface area contributed by atoms with Crippen LogP contribution in [0.4, 0.5) is 4.39 Å². The molecule has 0 bridgehead atoms. The molecule has 2 aliphatic rings. The lowest BCUT2D eigenvalue weighted by Crippen LogP contribution is -2.24. The summed E-state index contributed by atoms with van der Waals surface area (Å²) in [6, 6.07) is 0. The molecule has 0 aromatic heterocycles. The zero-order chi connectivity index (χ0) is 12.8. The fourth-order valence-electron chi connectivity index (χ4n) is 2.33. The maximum atomic E-state index is 13.7. The Hall–Kier alpha value is -1.36. The van der Waals surface area contributed by atoms with Gasteiger partial charge in [0.15, 0.2) is 5.83 Å². The molecule has 1 heterocycles. The molecule has 0 aromatic carbocycles. The van der Waals surface area contributed by atoms with Crippen molar-refractivity contribution in [2.24, 2.45) is 0 Å². The van der Waals surface area contributed by atoms with Crippen molar-refractivity contribution in [3.63, 3.8) is 0 Å². The predicted octanol–water partition coefficient (Wildman–Crippen LogP) is 2.15. The van der Waals surface area contributed by atoms with E-state index in [1.165, 1.54) is 18.9 Å². The first-order valence-electron chi connectivity index (χ1n) is 6.49. The molecule has 0 aromatic rings. The summed E-state index contributed by atoms with van der Waals surface area (Å²) < 4.78 is 19.2. The smallest absolute Gasteiger partial charge is 0.162 e. The first-order valence-corrected chi connectivity index (χ1v) is 6.49. The average molecular weight is 253 g/mol. The lowest BCUT2D eigenvalue weighted by Gasteiger charge is -2.19. The third-order valence-corrected chi connectivity index (χ3v) is 3.33. The molecule has 0 saturated carbocycles. The van der Waals surface area contributed by atoms with Crippen LogP contribution in [0.3, 0.4) is 0 Å². The quantitative estimate of drug-likeness (QED) is 0.563. The van der Waals surface area contributed by atoms with Gasteiger partial charge in [-0.05, 0) is 38.4 Å². The number of nitrogens with zero attached hydrogens (tertiary/aromatic N) is 1. The molecule has 1 aliphatic carbocycles. The van der Waals surface area contributed by atoms with E-state index in [4.69, 9.17) is 10.1 Å². The molecular formula is C13H20FN3O. The number of rotatable bonds is 6. The molecule has 0 radical (unpaired) electrons. The largest absolute Gasteiger partial charge is 0.494 e. The highest BCUT2D eigenvalue weighted by molar-refractivity contribution is 5.54. The summed E-state index contributed by atoms with van der Waals surface area (Å²) in [6.07, 6.45) is 6.27. The fraction of sp³-hybridized carbons (Fsp3) is 0.615. The molecule has 2 rings (SSSR count). The van der Waals surface area contributed by atoms with Gasteiger partial charge in [-0.2, -0.15) is 0 Å². The summed E-state index contributed by atoms with van der Waals surface area (Å²) in [7, 11) is 0. The van der Waals surface area contributed by atoms with Crippen molar-refractivity contribution in [2.45, 2.75) is 25.7 Å². The minimum Gasteiger partial charge on any atom is -0.494 e. The van der Waals surface area contributed by atoms with Crippen molar-refractivity contribution >= 4 is 6.34 Å². The van der Waals surface area contributed by atoms with Crippen molar-refractivity contribution in [1.82, 2.24) is 10.2 Å². The van der Waals surface area contributed by atoms with Gasteiger partial charge in [0.1, 0.15) is 12.4 Å². The zero-order valence-corrected chi connectivity index (χ0v) is 10.5. The van der Waals surface area contributed by atoms with Crippen LogP contribution in [0.5, 0.6) is 0 Å². The van der Waals surface area contributed by atoms with Gasteiger partial charge < -0.3 is 10.1 Å². The van der Waals surface area contributed by atoms with Crippen molar-refractivity contribution in [3.8, 4) is 0 Å². The van der Waals surface area contributed by atoms with Crippen LogP contribution in [0.15, 0.2) is 23.4 Å². The highest BCUT2D eigenvalue weighted by atomic mass is 19.1. The number of likely N-dealkylation sites (tertiary alicyclic amines) is 1. The molecule has 0 spiro atoms. The molecule has 2 N–H and O–H groups in total. The highest BCUT2D eigenvalue weighted by Gasteiger charge is 2.16. The Kier molecular flexibility index (Phi) is 4.75. The standard InChI is InChI=1S/C13H20FN3O/c14-12-9-11(16-10-15)3-4-13(12)18-8-7-17-5-1-2-6-17/h9-10H,1-8H2,(H2,15,16). The van der Waals surface area contributed by atoms with Gasteiger partial charge in [0.25, 0.3) is 0 Å². The van der Waals surface area contributed by atoms with Crippen molar-refractivity contribution in [1.29, 1.82) is 5.41 Å². The molecule has 0 atom stereocenters. The fourth-order valence-corrected chi connectivity index (χ4v) is 2.33. The number of halogens is 1. The van der Waals surface area contributed by atoms with Gasteiger partial charge in [-0.1, -0.05) is 0 Å². The Labute approximate surface area is 107 Å². The van der Waals surface area contributed by atoms with E-state index >= 15 is 0 Å². The number of hydrogen-bond donors (Lipinski definition) is 2. The first kappa shape index (κ1) is 13.1. The molecule has 0 unspecified atom stereocenters. The normalized spacial score (nSPS) is 20.8. The van der Waals surface area contributed by atoms with Crippen LogP contribution in [-0.2, 0) is 4.74 Å². The number of hydrogen-bond acceptors (Lipinski definition) is 3. The summed E-state index contributed by atoms with van der Waals surface area (Å²) >= 11 is 0. The third kappa shape index (κ3) is 3.57. The van der Waals surface area contributed by atoms with Gasteiger partial charge in [0.2, 0.25) is 0 Å². The van der Waals surface area contributed by atoms with E-state index in [9.17, 15) is 4.39 Å². The number of nitrogens with one attached hydrogen (secondary N) is 2. The van der Waals surface area contributed by atoms with E-state index in [1.54, 1.807) is 0 Å². The van der Waals surface area contributed by atoms with Crippen LogP contribution < -0.4 is 5.32 Å². The number of allylic oxidation sites excluding steroid dienone is 4. The second kappa shape index (κ2) is 6.54. The minimum atomic E-state index is -0.313. The molecule has 1 fully saturated rings. The van der Waals surface area contributed by atoms with Crippen LogP contribution in [0.25, 0.3) is 0 Å². The maximum Gasteiger partial charge on any atom is 0.162 e. The van der Waals surface area contributed by atoms with E-state index in [0.29, 0.717) is 25.2 Å². The Morgan fingerprint density at radius 1 is 1.39 bits per heavy atom. The summed E-state index contributed by atoms with van der Waals surface area (Å²) in [5.74, 6) is 0.136. The molecule has 4 nitrogen and oxygen atoms in total. The lowest BCUT2D eigenvalue weighted by molar-refractivity contribution is 0.157. The Morgan fingerprint density at radius 2 is 2.17 bits per heavy atom. The van der Waals surface area contributed by atoms with Crippen LogP contribution >= 0.6 is 0 Å². The van der Waals surface area contributed by atoms with Crippen LogP contribution in [0.2, 0.25) is 0 Å². The van der Waals surface area contributed by atoms with Gasteiger partial charge in [-0.25, -0.2) is 4.39 Å². The monoisotopic (exact) mass is 253 g/mol. The lowest BCUT2D eigenvalue weighted by atomic mass is 10.1. The topological polar surface area (TPSA) is 48.4 Å². The molecule has 100 valence electrons. The molecule has 0 amide bonds. The molecule has 18 heavy (non-hydrogen) atoms. The Morgan fingerprint density at radius 3 is 2.83 bits per heavy atom. The summed E-state index contributed by atoms with van der Waals surface area (Å²) in [4.78, 5) is 2.35. The summed E-state index contributed by atoms with van der Waals surface area (Å²) in [6.45, 7) is 3.71. The second-order valence-electron chi connectivity index (χ2n) is 4.63. The van der Waals surface area contributed by atoms with Crippen molar-refractivity contribution in [2.75, 3.05) is 26.2 Å². The van der Waals surface area contributed by atoms with Gasteiger partial charge in [0, 0.05) is 18.7 Å². The highest BCUT2D eigenvalue weighted by Crippen LogP contribution is 2.24. The average Bonchev–Trinajstić information content (AvgIpc) is 2.85. The number of ether oxygens (including phenoxy) is 1. The maximum absolute atomic E-state index is 13.7. The second-order valence-corrected chi connectivity index (χ2v) is 4.63. The van der Waals surface area contributed by atoms with Crippen LogP contribution in [0.1, 0.15) is 25.7 Å². The van der Waals surface area contributed by atoms with Gasteiger partial charge in [-0.15, -0.1) is 0 Å². The van der Waals surface area contributed by atoms with Crippen molar-refractivity contribution in [3.05, 3.63) is 23.4 Å². The van der Waals surface area contributed by atoms with Gasteiger partial charge >= 0.3 is 0 Å². The molecular weight excluding hydrogens is 233 g/mol. The minimum absolute atomic E-state index is 0.313. The third-order valence-electron chi connectivity index (χ3n) is 3.33. The van der Waals surface area contributed by atoms with E-state index < -0.39 is 0 Å². The van der Waals surface area contributed by atoms with Crippen molar-refractivity contribution < 1.29 is 9.13 Å². The van der Waals surface area contributed by atoms with Crippen LogP contribution in [0, 0.1) is 5.41 Å². The van der Waals surface area contributed by atoms with E-state index in [2.05, 4.69) is 10.2 Å². The Balaban J connectivity index is 1.78. The Bertz CT molecular complexity index is 359. The molecule has 1 aliphatic heterocycles. The zero-order valence-electron chi connectivity index (χ0n) is 10.5. The van der Waals surface area contributed by atoms with Gasteiger partial charge in [0.05, 0.1) is 6.34 Å². The summed E-state index contributed by atoms with van der Waals surface area (Å²) in [5.41, 5.74) is 0.731. The van der Waals surface area contributed by atoms with E-state index in [0.717, 1.165) is 31.7 Å². The van der Waals surface area contributed by atoms with E-state index in [1.807, 2.05) is 0 Å². The molecule has 5 heteroatoms. The van der Waals surface area contributed by atoms with Gasteiger partial charge in [-0.3, -0.25) is 10.3 Å². The van der Waals surface area contributed by atoms with E-state index in [-0.39, 0.29) is 5.83 Å². The van der Waals surface area contributed by atoms with Crippen LogP contribution in [-0.4, -0.2) is 37.5 Å².